The lowest BCUT2D eigenvalue weighted by Gasteiger charge is -2.45. The van der Waals surface area contributed by atoms with Crippen molar-refractivity contribution < 1.29 is 18.5 Å². The van der Waals surface area contributed by atoms with E-state index < -0.39 is 32.3 Å². The van der Waals surface area contributed by atoms with E-state index in [0.29, 0.717) is 0 Å². The molecule has 3 aliphatic heterocycles. The van der Waals surface area contributed by atoms with E-state index in [1.807, 2.05) is 0 Å². The lowest BCUT2D eigenvalue weighted by molar-refractivity contribution is -0.0113. The summed E-state index contributed by atoms with van der Waals surface area (Å²) in [6.07, 6.45) is 3.19. The third kappa shape index (κ3) is 3.87. The Morgan fingerprint density at radius 3 is 2.25 bits per heavy atom. The molecule has 0 radical (unpaired) electrons. The third-order valence-corrected chi connectivity index (χ3v) is 12.5. The van der Waals surface area contributed by atoms with Crippen LogP contribution in [0.25, 0.3) is 0 Å². The minimum Gasteiger partial charge on any atom is -0.400 e. The number of para-hydroxylation sites is 1. The van der Waals surface area contributed by atoms with Gasteiger partial charge in [0.2, 0.25) is 0 Å². The van der Waals surface area contributed by atoms with Crippen molar-refractivity contribution in [2.24, 2.45) is 0 Å². The highest BCUT2D eigenvalue weighted by molar-refractivity contribution is 6.75. The van der Waals surface area contributed by atoms with Crippen LogP contribution in [0.2, 0.25) is 18.1 Å². The lowest BCUT2D eigenvalue weighted by atomic mass is 9.70. The average Bonchev–Trinajstić information content (AvgIpc) is 3.13. The number of benzene rings is 1. The van der Waals surface area contributed by atoms with Gasteiger partial charge in [-0.15, -0.1) is 0 Å². The van der Waals surface area contributed by atoms with Crippen LogP contribution in [-0.2, 0) is 24.1 Å². The predicted octanol–water partition coefficient (Wildman–Crippen LogP) is 5.34. The van der Waals surface area contributed by atoms with Crippen molar-refractivity contribution in [3.8, 4) is 0 Å². The van der Waals surface area contributed by atoms with Gasteiger partial charge in [-0.3, -0.25) is 5.01 Å². The SMILES string of the molecule is CC1(C)OB(C2(O[Si](C)(C)C(C)(C)C)NN(C3CCCCO3)c3ccccc32)OC1(C)C. The summed E-state index contributed by atoms with van der Waals surface area (Å²) in [4.78, 5) is 0. The molecular formula is C24H41BN2O4Si. The molecule has 0 aromatic heterocycles. The Morgan fingerprint density at radius 1 is 1.06 bits per heavy atom. The fourth-order valence-electron chi connectivity index (χ4n) is 4.32. The second kappa shape index (κ2) is 7.82. The lowest BCUT2D eigenvalue weighted by Crippen LogP contribution is -2.65. The number of nitrogens with one attached hydrogen (secondary N) is 1. The number of hydrogen-bond donors (Lipinski definition) is 1. The monoisotopic (exact) mass is 460 g/mol. The molecule has 2 fully saturated rings. The number of rotatable bonds is 4. The van der Waals surface area contributed by atoms with Crippen LogP contribution in [0.3, 0.4) is 0 Å². The molecule has 0 aliphatic carbocycles. The largest absolute Gasteiger partial charge is 0.514 e. The predicted molar refractivity (Wildman–Crippen MR) is 132 cm³/mol. The molecule has 0 saturated carbocycles. The molecule has 3 heterocycles. The molecule has 3 aliphatic rings. The number of nitrogens with zero attached hydrogens (tertiary/aromatic N) is 1. The molecule has 2 atom stereocenters. The summed E-state index contributed by atoms with van der Waals surface area (Å²) in [5, 5.41) is 2.18. The van der Waals surface area contributed by atoms with E-state index in [2.05, 4.69) is 96.3 Å². The van der Waals surface area contributed by atoms with Gasteiger partial charge in [0, 0.05) is 12.2 Å². The van der Waals surface area contributed by atoms with Crippen molar-refractivity contribution in [2.45, 2.75) is 109 Å². The number of ether oxygens (including phenoxy) is 1. The van der Waals surface area contributed by atoms with Gasteiger partial charge in [-0.1, -0.05) is 39.0 Å². The Balaban J connectivity index is 1.83. The number of hydrazine groups is 1. The van der Waals surface area contributed by atoms with E-state index >= 15 is 0 Å². The first-order chi connectivity index (χ1) is 14.7. The average molecular weight is 461 g/mol. The Morgan fingerprint density at radius 2 is 1.69 bits per heavy atom. The van der Waals surface area contributed by atoms with E-state index in [1.54, 1.807) is 0 Å². The van der Waals surface area contributed by atoms with Crippen molar-refractivity contribution in [1.29, 1.82) is 0 Å². The van der Waals surface area contributed by atoms with Crippen LogP contribution >= 0.6 is 0 Å². The highest BCUT2D eigenvalue weighted by Gasteiger charge is 2.66. The highest BCUT2D eigenvalue weighted by Crippen LogP contribution is 2.51. The summed E-state index contributed by atoms with van der Waals surface area (Å²) >= 11 is 0. The number of anilines is 1. The summed E-state index contributed by atoms with van der Waals surface area (Å²) in [7, 11) is -2.84. The Hall–Kier alpha value is -0.898. The maximum atomic E-state index is 7.25. The van der Waals surface area contributed by atoms with Crippen LogP contribution in [-0.4, -0.2) is 39.5 Å². The van der Waals surface area contributed by atoms with Crippen LogP contribution in [0, 0.1) is 0 Å². The summed E-state index contributed by atoms with van der Waals surface area (Å²) < 4.78 is 26.7. The minimum atomic E-state index is -2.24. The van der Waals surface area contributed by atoms with Gasteiger partial charge >= 0.3 is 7.12 Å². The Bertz CT molecular complexity index is 835. The van der Waals surface area contributed by atoms with Crippen LogP contribution < -0.4 is 10.4 Å². The molecular weight excluding hydrogens is 419 g/mol. The van der Waals surface area contributed by atoms with Crippen molar-refractivity contribution in [3.63, 3.8) is 0 Å². The number of hydrogen-bond acceptors (Lipinski definition) is 6. The first-order valence-corrected chi connectivity index (χ1v) is 15.0. The van der Waals surface area contributed by atoms with Crippen molar-refractivity contribution >= 4 is 21.1 Å². The molecule has 1 N–H and O–H groups in total. The second-order valence-corrected chi connectivity index (χ2v) is 16.7. The summed E-state index contributed by atoms with van der Waals surface area (Å²) in [5.41, 5.74) is 4.00. The molecule has 0 bridgehead atoms. The molecule has 1 aromatic carbocycles. The maximum Gasteiger partial charge on any atom is 0.514 e. The van der Waals surface area contributed by atoms with Gasteiger partial charge in [-0.25, -0.2) is 0 Å². The molecule has 32 heavy (non-hydrogen) atoms. The van der Waals surface area contributed by atoms with Crippen LogP contribution in [0.5, 0.6) is 0 Å². The van der Waals surface area contributed by atoms with Crippen molar-refractivity contribution in [3.05, 3.63) is 29.8 Å². The van der Waals surface area contributed by atoms with Gasteiger partial charge < -0.3 is 18.5 Å². The standard InChI is InChI=1S/C24H41BN2O4Si/c1-21(2,3)32(8,9)31-24(25-29-22(4,5)23(6,7)30-25)18-14-10-11-15-19(18)27(26-24)20-16-12-13-17-28-20/h10-11,14-15,20,26H,12-13,16-17H2,1-9H3. The van der Waals surface area contributed by atoms with Gasteiger partial charge in [0.1, 0.15) is 6.23 Å². The minimum absolute atomic E-state index is 0.0228. The summed E-state index contributed by atoms with van der Waals surface area (Å²) in [5.74, 6) is 0. The van der Waals surface area contributed by atoms with E-state index in [4.69, 9.17) is 18.5 Å². The fourth-order valence-corrected chi connectivity index (χ4v) is 5.68. The summed E-state index contributed by atoms with van der Waals surface area (Å²) in [6.45, 7) is 20.5. The zero-order valence-corrected chi connectivity index (χ0v) is 22.4. The van der Waals surface area contributed by atoms with E-state index in [9.17, 15) is 0 Å². The second-order valence-electron chi connectivity index (χ2n) is 12.0. The molecule has 6 nitrogen and oxygen atoms in total. The first kappa shape index (κ1) is 24.2. The molecule has 1 aromatic rings. The Labute approximate surface area is 195 Å². The maximum absolute atomic E-state index is 7.25. The molecule has 0 spiro atoms. The zero-order chi connectivity index (χ0) is 23.6. The topological polar surface area (TPSA) is 52.2 Å². The van der Waals surface area contributed by atoms with Crippen LogP contribution in [0.1, 0.15) is 73.3 Å². The normalized spacial score (nSPS) is 30.0. The third-order valence-electron chi connectivity index (χ3n) is 8.10. The Kier molecular flexibility index (Phi) is 5.92. The van der Waals surface area contributed by atoms with Crippen molar-refractivity contribution in [2.75, 3.05) is 11.6 Å². The van der Waals surface area contributed by atoms with Gasteiger partial charge in [0.25, 0.3) is 0 Å². The fraction of sp³-hybridized carbons (Fsp3) is 0.750. The molecule has 8 heteroatoms. The molecule has 178 valence electrons. The van der Waals surface area contributed by atoms with E-state index in [0.717, 1.165) is 37.1 Å². The van der Waals surface area contributed by atoms with Gasteiger partial charge in [-0.05, 0) is 71.2 Å². The molecule has 2 saturated heterocycles. The molecule has 0 amide bonds. The summed E-state index contributed by atoms with van der Waals surface area (Å²) in [6, 6.07) is 8.43. The van der Waals surface area contributed by atoms with Crippen LogP contribution in [0.15, 0.2) is 24.3 Å². The van der Waals surface area contributed by atoms with E-state index in [-0.39, 0.29) is 11.3 Å². The zero-order valence-electron chi connectivity index (χ0n) is 21.4. The van der Waals surface area contributed by atoms with Gasteiger partial charge in [-0.2, -0.15) is 5.43 Å². The van der Waals surface area contributed by atoms with Crippen molar-refractivity contribution in [1.82, 2.24) is 5.43 Å². The molecule has 4 rings (SSSR count). The number of fused-ring (bicyclic) bond motifs is 1. The van der Waals surface area contributed by atoms with Gasteiger partial charge in [0.15, 0.2) is 13.9 Å². The smallest absolute Gasteiger partial charge is 0.400 e. The molecule has 2 unspecified atom stereocenters. The van der Waals surface area contributed by atoms with E-state index in [1.165, 1.54) is 0 Å². The quantitative estimate of drug-likeness (QED) is 0.612. The highest BCUT2D eigenvalue weighted by atomic mass is 28.4. The van der Waals surface area contributed by atoms with Gasteiger partial charge in [0.05, 0.1) is 16.9 Å². The van der Waals surface area contributed by atoms with Crippen LogP contribution in [0.4, 0.5) is 5.69 Å². The first-order valence-electron chi connectivity index (χ1n) is 12.0.